The molecule has 0 radical (unpaired) electrons. The molecule has 1 aromatic heterocycles. The van der Waals surface area contributed by atoms with Gasteiger partial charge in [0, 0.05) is 18.4 Å². The van der Waals surface area contributed by atoms with Crippen molar-refractivity contribution in [2.24, 2.45) is 0 Å². The molecule has 0 aliphatic rings. The second-order valence-electron chi connectivity index (χ2n) is 6.87. The third kappa shape index (κ3) is 5.37. The lowest BCUT2D eigenvalue weighted by molar-refractivity contribution is -0.159. The zero-order valence-electron chi connectivity index (χ0n) is 17.7. The fourth-order valence-electron chi connectivity index (χ4n) is 3.11. The van der Waals surface area contributed by atoms with E-state index in [-0.39, 0.29) is 18.0 Å². The summed E-state index contributed by atoms with van der Waals surface area (Å²) in [6, 6.07) is 9.99. The molecule has 0 spiro atoms. The maximum absolute atomic E-state index is 12.6. The van der Waals surface area contributed by atoms with E-state index in [0.29, 0.717) is 35.7 Å². The summed E-state index contributed by atoms with van der Waals surface area (Å²) in [5.41, 5.74) is 1.95. The Morgan fingerprint density at radius 2 is 1.59 bits per heavy atom. The molecule has 0 saturated carbocycles. The van der Waals surface area contributed by atoms with Crippen molar-refractivity contribution in [3.05, 3.63) is 53.4 Å². The molecule has 32 heavy (non-hydrogen) atoms. The topological polar surface area (TPSA) is 83.7 Å². The highest BCUT2D eigenvalue weighted by Gasteiger charge is 2.38. The van der Waals surface area contributed by atoms with Gasteiger partial charge in [-0.25, -0.2) is 0 Å². The highest BCUT2D eigenvalue weighted by atomic mass is 19.4. The molecule has 0 amide bonds. The van der Waals surface area contributed by atoms with Gasteiger partial charge in [0.15, 0.2) is 11.5 Å². The van der Waals surface area contributed by atoms with Gasteiger partial charge >= 0.3 is 12.1 Å². The molecule has 1 heterocycles. The minimum Gasteiger partial charge on any atom is -0.493 e. The fourth-order valence-corrected chi connectivity index (χ4v) is 3.11. The van der Waals surface area contributed by atoms with E-state index in [4.69, 9.17) is 14.2 Å². The summed E-state index contributed by atoms with van der Waals surface area (Å²) >= 11 is 0. The molecule has 3 rings (SSSR count). The monoisotopic (exact) mass is 450 g/mol. The first-order valence-corrected chi connectivity index (χ1v) is 9.56. The summed E-state index contributed by atoms with van der Waals surface area (Å²) < 4.78 is 57.9. The molecular weight excluding hydrogens is 429 g/mol. The Kier molecular flexibility index (Phi) is 7.01. The van der Waals surface area contributed by atoms with Gasteiger partial charge in [-0.1, -0.05) is 29.4 Å². The molecule has 7 nitrogen and oxygen atoms in total. The van der Waals surface area contributed by atoms with Gasteiger partial charge in [-0.15, -0.1) is 0 Å². The molecule has 0 N–H and O–H groups in total. The van der Waals surface area contributed by atoms with Gasteiger partial charge in [0.1, 0.15) is 5.78 Å². The molecule has 0 aliphatic heterocycles. The van der Waals surface area contributed by atoms with Crippen LogP contribution in [0.1, 0.15) is 23.4 Å². The summed E-state index contributed by atoms with van der Waals surface area (Å²) in [6.45, 7) is 0. The number of halogens is 3. The lowest BCUT2D eigenvalue weighted by atomic mass is 10.0. The van der Waals surface area contributed by atoms with Gasteiger partial charge in [-0.2, -0.15) is 18.2 Å². The molecule has 2 aromatic carbocycles. The number of benzene rings is 2. The largest absolute Gasteiger partial charge is 0.493 e. The minimum atomic E-state index is -4.70. The van der Waals surface area contributed by atoms with E-state index in [1.807, 2.05) is 0 Å². The summed E-state index contributed by atoms with van der Waals surface area (Å²) in [7, 11) is 4.56. The Labute approximate surface area is 182 Å². The number of Topliss-reactive ketones (excluding diaryl/α,β-unsaturated/α-hetero) is 1. The number of ketones is 1. The fraction of sp³-hybridized carbons (Fsp3) is 0.318. The number of carbonyl (C=O) groups is 1. The third-order valence-electron chi connectivity index (χ3n) is 4.70. The molecule has 0 aliphatic carbocycles. The number of methoxy groups -OCH3 is 3. The van der Waals surface area contributed by atoms with E-state index < -0.39 is 12.1 Å². The van der Waals surface area contributed by atoms with E-state index in [0.717, 1.165) is 11.1 Å². The van der Waals surface area contributed by atoms with Gasteiger partial charge in [-0.05, 0) is 29.7 Å². The zero-order chi connectivity index (χ0) is 23.3. The van der Waals surface area contributed by atoms with Crippen LogP contribution in [0.15, 0.2) is 40.9 Å². The van der Waals surface area contributed by atoms with Crippen LogP contribution in [0.4, 0.5) is 13.2 Å². The van der Waals surface area contributed by atoms with Crippen molar-refractivity contribution in [1.82, 2.24) is 10.1 Å². The van der Waals surface area contributed by atoms with Crippen molar-refractivity contribution >= 4 is 5.78 Å². The lowest BCUT2D eigenvalue weighted by Gasteiger charge is -2.14. The van der Waals surface area contributed by atoms with Gasteiger partial charge in [0.25, 0.3) is 0 Å². The smallest absolute Gasteiger partial charge is 0.471 e. The zero-order valence-corrected chi connectivity index (χ0v) is 17.7. The molecule has 0 saturated heterocycles. The van der Waals surface area contributed by atoms with Crippen LogP contribution < -0.4 is 14.2 Å². The molecule has 0 unspecified atom stereocenters. The van der Waals surface area contributed by atoms with E-state index in [1.54, 1.807) is 36.4 Å². The predicted molar refractivity (Wildman–Crippen MR) is 108 cm³/mol. The number of ether oxygens (including phenoxy) is 3. The number of alkyl halides is 3. The van der Waals surface area contributed by atoms with Crippen LogP contribution in [0.25, 0.3) is 11.4 Å². The highest BCUT2D eigenvalue weighted by molar-refractivity contribution is 5.81. The van der Waals surface area contributed by atoms with Crippen molar-refractivity contribution in [3.63, 3.8) is 0 Å². The standard InChI is InChI=1S/C22H21F3N2O5/c1-29-17-11-14(12-18(30-2)19(17)31-3)6-9-16(28)10-13-4-7-15(8-5-13)20-26-21(32-27-20)22(23,24)25/h4-5,7-8,11-12H,6,9-10H2,1-3H3. The molecular formula is C22H21F3N2O5. The van der Waals surface area contributed by atoms with Crippen LogP contribution in [0.5, 0.6) is 17.2 Å². The Morgan fingerprint density at radius 1 is 0.969 bits per heavy atom. The summed E-state index contributed by atoms with van der Waals surface area (Å²) in [5, 5.41) is 3.34. The van der Waals surface area contributed by atoms with Gasteiger partial charge in [-0.3, -0.25) is 4.79 Å². The molecule has 170 valence electrons. The van der Waals surface area contributed by atoms with Crippen molar-refractivity contribution in [3.8, 4) is 28.6 Å². The SMILES string of the molecule is COc1cc(CCC(=O)Cc2ccc(-c3noc(C(F)(F)F)n3)cc2)cc(OC)c1OC. The highest BCUT2D eigenvalue weighted by Crippen LogP contribution is 2.38. The van der Waals surface area contributed by atoms with Crippen molar-refractivity contribution < 1.29 is 36.7 Å². The predicted octanol–water partition coefficient (Wildman–Crippen LogP) is 4.53. The van der Waals surface area contributed by atoms with E-state index in [1.165, 1.54) is 21.3 Å². The number of hydrogen-bond donors (Lipinski definition) is 0. The number of aryl methyl sites for hydroxylation is 1. The van der Waals surface area contributed by atoms with E-state index >= 15 is 0 Å². The first kappa shape index (κ1) is 23.1. The molecule has 10 heteroatoms. The van der Waals surface area contributed by atoms with Gasteiger partial charge in [0.05, 0.1) is 21.3 Å². The molecule has 0 bridgehead atoms. The van der Waals surface area contributed by atoms with E-state index in [9.17, 15) is 18.0 Å². The van der Waals surface area contributed by atoms with Gasteiger partial charge < -0.3 is 18.7 Å². The first-order valence-electron chi connectivity index (χ1n) is 9.56. The van der Waals surface area contributed by atoms with Crippen LogP contribution >= 0.6 is 0 Å². The van der Waals surface area contributed by atoms with E-state index in [2.05, 4.69) is 14.7 Å². The number of hydrogen-bond acceptors (Lipinski definition) is 7. The number of nitrogens with zero attached hydrogens (tertiary/aromatic N) is 2. The van der Waals surface area contributed by atoms with Crippen LogP contribution in [-0.2, 0) is 23.8 Å². The van der Waals surface area contributed by atoms with Crippen LogP contribution in [0, 0.1) is 0 Å². The quantitative estimate of drug-likeness (QED) is 0.474. The second kappa shape index (κ2) is 9.71. The molecule has 3 aromatic rings. The van der Waals surface area contributed by atoms with Crippen LogP contribution in [-0.4, -0.2) is 37.3 Å². The Bertz CT molecular complexity index is 1050. The number of aromatic nitrogens is 2. The average molecular weight is 450 g/mol. The second-order valence-corrected chi connectivity index (χ2v) is 6.87. The maximum atomic E-state index is 12.6. The summed E-state index contributed by atoms with van der Waals surface area (Å²) in [6.07, 6.45) is -3.74. The van der Waals surface area contributed by atoms with Crippen molar-refractivity contribution in [1.29, 1.82) is 0 Å². The molecule has 0 atom stereocenters. The Balaban J connectivity index is 1.61. The Morgan fingerprint density at radius 3 is 2.09 bits per heavy atom. The van der Waals surface area contributed by atoms with Crippen LogP contribution in [0.3, 0.4) is 0 Å². The minimum absolute atomic E-state index is 0.00502. The maximum Gasteiger partial charge on any atom is 0.471 e. The molecule has 0 fully saturated rings. The van der Waals surface area contributed by atoms with Crippen LogP contribution in [0.2, 0.25) is 0 Å². The van der Waals surface area contributed by atoms with Gasteiger partial charge in [0.2, 0.25) is 11.6 Å². The third-order valence-corrected chi connectivity index (χ3v) is 4.70. The first-order chi connectivity index (χ1) is 15.2. The number of carbonyl (C=O) groups excluding carboxylic acids is 1. The summed E-state index contributed by atoms with van der Waals surface area (Å²) in [4.78, 5) is 15.8. The van der Waals surface area contributed by atoms with Crippen molar-refractivity contribution in [2.75, 3.05) is 21.3 Å². The van der Waals surface area contributed by atoms with Crippen molar-refractivity contribution in [2.45, 2.75) is 25.4 Å². The Hall–Kier alpha value is -3.56. The summed E-state index contributed by atoms with van der Waals surface area (Å²) in [5.74, 6) is -0.0595. The lowest BCUT2D eigenvalue weighted by Crippen LogP contribution is -2.05. The average Bonchev–Trinajstić information content (AvgIpc) is 3.28. The number of rotatable bonds is 9. The normalized spacial score (nSPS) is 11.3.